The van der Waals surface area contributed by atoms with Crippen LogP contribution in [0.4, 0.5) is 10.1 Å². The standard InChI is InChI=1S/C20H19FN4O3/c21-16-5-7-18(8-6-16)28-14-20(27)22-12-15-3-1-4-17(11-15)24-19(26)13-25-10-2-9-23-25/h1-11H,12-14H2,(H,22,27)(H,24,26). The highest BCUT2D eigenvalue weighted by Gasteiger charge is 2.06. The van der Waals surface area contributed by atoms with Crippen LogP contribution in [0.1, 0.15) is 5.56 Å². The van der Waals surface area contributed by atoms with E-state index in [1.807, 2.05) is 6.07 Å². The molecule has 2 amide bonds. The van der Waals surface area contributed by atoms with Gasteiger partial charge in [0, 0.05) is 24.6 Å². The molecule has 8 heteroatoms. The van der Waals surface area contributed by atoms with Crippen molar-refractivity contribution in [3.63, 3.8) is 0 Å². The van der Waals surface area contributed by atoms with E-state index in [1.165, 1.54) is 28.9 Å². The number of aromatic nitrogens is 2. The first-order chi connectivity index (χ1) is 13.6. The van der Waals surface area contributed by atoms with Crippen molar-refractivity contribution >= 4 is 17.5 Å². The Labute approximate surface area is 161 Å². The van der Waals surface area contributed by atoms with E-state index in [2.05, 4.69) is 15.7 Å². The normalized spacial score (nSPS) is 10.3. The van der Waals surface area contributed by atoms with E-state index >= 15 is 0 Å². The summed E-state index contributed by atoms with van der Waals surface area (Å²) in [4.78, 5) is 23.9. The van der Waals surface area contributed by atoms with Crippen molar-refractivity contribution < 1.29 is 18.7 Å². The lowest BCUT2D eigenvalue weighted by Gasteiger charge is -2.10. The predicted molar refractivity (Wildman–Crippen MR) is 101 cm³/mol. The molecule has 0 saturated carbocycles. The number of anilines is 1. The molecule has 1 heterocycles. The third-order valence-corrected chi connectivity index (χ3v) is 3.75. The summed E-state index contributed by atoms with van der Waals surface area (Å²) in [5.74, 6) is -0.457. The number of nitrogens with one attached hydrogen (secondary N) is 2. The Morgan fingerprint density at radius 3 is 2.64 bits per heavy atom. The molecule has 2 aromatic carbocycles. The summed E-state index contributed by atoms with van der Waals surface area (Å²) in [6, 6.07) is 14.4. The maximum atomic E-state index is 12.8. The smallest absolute Gasteiger partial charge is 0.258 e. The summed E-state index contributed by atoms with van der Waals surface area (Å²) in [6.45, 7) is 0.231. The Bertz CT molecular complexity index is 927. The van der Waals surface area contributed by atoms with Gasteiger partial charge in [-0.25, -0.2) is 4.39 Å². The highest BCUT2D eigenvalue weighted by molar-refractivity contribution is 5.90. The molecule has 0 aliphatic rings. The van der Waals surface area contributed by atoms with Gasteiger partial charge < -0.3 is 15.4 Å². The van der Waals surface area contributed by atoms with Gasteiger partial charge in [-0.1, -0.05) is 12.1 Å². The molecule has 0 spiro atoms. The van der Waals surface area contributed by atoms with Crippen LogP contribution in [-0.4, -0.2) is 28.2 Å². The number of carbonyl (C=O) groups is 2. The third kappa shape index (κ3) is 5.94. The molecule has 2 N–H and O–H groups in total. The molecule has 0 bridgehead atoms. The number of nitrogens with zero attached hydrogens (tertiary/aromatic N) is 2. The van der Waals surface area contributed by atoms with Crippen LogP contribution in [0.3, 0.4) is 0 Å². The van der Waals surface area contributed by atoms with E-state index < -0.39 is 0 Å². The van der Waals surface area contributed by atoms with E-state index in [0.29, 0.717) is 11.4 Å². The number of hydrogen-bond acceptors (Lipinski definition) is 4. The molecule has 0 saturated heterocycles. The molecule has 0 unspecified atom stereocenters. The lowest BCUT2D eigenvalue weighted by atomic mass is 10.2. The largest absolute Gasteiger partial charge is 0.484 e. The number of carbonyl (C=O) groups excluding carboxylic acids is 2. The Balaban J connectivity index is 1.45. The van der Waals surface area contributed by atoms with Gasteiger partial charge in [-0.3, -0.25) is 14.3 Å². The summed E-state index contributed by atoms with van der Waals surface area (Å²) in [6.07, 6.45) is 3.32. The number of hydrogen-bond donors (Lipinski definition) is 2. The van der Waals surface area contributed by atoms with E-state index in [4.69, 9.17) is 4.74 Å². The fraction of sp³-hybridized carbons (Fsp3) is 0.150. The Kier molecular flexibility index (Phi) is 6.35. The van der Waals surface area contributed by atoms with Crippen molar-refractivity contribution in [1.29, 1.82) is 0 Å². The van der Waals surface area contributed by atoms with Crippen LogP contribution in [0.2, 0.25) is 0 Å². The number of benzene rings is 2. The Hall–Kier alpha value is -3.68. The van der Waals surface area contributed by atoms with Crippen molar-refractivity contribution in [3.05, 3.63) is 78.4 Å². The monoisotopic (exact) mass is 382 g/mol. The van der Waals surface area contributed by atoms with Crippen LogP contribution in [0.5, 0.6) is 5.75 Å². The Morgan fingerprint density at radius 1 is 1.07 bits per heavy atom. The first-order valence-electron chi connectivity index (χ1n) is 8.60. The number of amides is 2. The number of rotatable bonds is 8. The van der Waals surface area contributed by atoms with Crippen molar-refractivity contribution in [3.8, 4) is 5.75 Å². The summed E-state index contributed by atoms with van der Waals surface area (Å²) in [5, 5.41) is 9.51. The first-order valence-corrected chi connectivity index (χ1v) is 8.60. The fourth-order valence-electron chi connectivity index (χ4n) is 2.43. The van der Waals surface area contributed by atoms with Gasteiger partial charge in [-0.15, -0.1) is 0 Å². The van der Waals surface area contributed by atoms with E-state index in [1.54, 1.807) is 36.7 Å². The van der Waals surface area contributed by atoms with Crippen molar-refractivity contribution in [2.24, 2.45) is 0 Å². The van der Waals surface area contributed by atoms with Crippen molar-refractivity contribution in [2.75, 3.05) is 11.9 Å². The van der Waals surface area contributed by atoms with Gasteiger partial charge in [0.1, 0.15) is 18.1 Å². The summed E-state index contributed by atoms with van der Waals surface area (Å²) >= 11 is 0. The minimum atomic E-state index is -0.367. The molecule has 0 atom stereocenters. The molecule has 0 aliphatic carbocycles. The lowest BCUT2D eigenvalue weighted by Crippen LogP contribution is -2.28. The number of halogens is 1. The van der Waals surface area contributed by atoms with Crippen molar-refractivity contribution in [1.82, 2.24) is 15.1 Å². The van der Waals surface area contributed by atoms with Crippen LogP contribution in [0.15, 0.2) is 67.0 Å². The average molecular weight is 382 g/mol. The van der Waals surface area contributed by atoms with E-state index in [-0.39, 0.29) is 37.3 Å². The second kappa shape index (κ2) is 9.31. The highest BCUT2D eigenvalue weighted by atomic mass is 19.1. The topological polar surface area (TPSA) is 85.3 Å². The third-order valence-electron chi connectivity index (χ3n) is 3.75. The lowest BCUT2D eigenvalue weighted by molar-refractivity contribution is -0.123. The number of ether oxygens (including phenoxy) is 1. The Morgan fingerprint density at radius 2 is 1.89 bits per heavy atom. The van der Waals surface area contributed by atoms with Gasteiger partial charge in [0.15, 0.2) is 6.61 Å². The minimum absolute atomic E-state index is 0.120. The molecule has 1 aromatic heterocycles. The molecule has 7 nitrogen and oxygen atoms in total. The molecule has 0 aliphatic heterocycles. The van der Waals surface area contributed by atoms with Gasteiger partial charge in [0.25, 0.3) is 5.91 Å². The van der Waals surface area contributed by atoms with Crippen LogP contribution in [-0.2, 0) is 22.7 Å². The highest BCUT2D eigenvalue weighted by Crippen LogP contribution is 2.12. The van der Waals surface area contributed by atoms with Crippen LogP contribution in [0, 0.1) is 5.82 Å². The molecule has 0 fully saturated rings. The van der Waals surface area contributed by atoms with Crippen LogP contribution in [0.25, 0.3) is 0 Å². The summed E-state index contributed by atoms with van der Waals surface area (Å²) in [7, 11) is 0. The zero-order valence-corrected chi connectivity index (χ0v) is 15.0. The molecule has 0 radical (unpaired) electrons. The van der Waals surface area contributed by atoms with Gasteiger partial charge in [0.05, 0.1) is 0 Å². The zero-order chi connectivity index (χ0) is 19.8. The molecule has 28 heavy (non-hydrogen) atoms. The maximum absolute atomic E-state index is 12.8. The molecular weight excluding hydrogens is 363 g/mol. The second-order valence-electron chi connectivity index (χ2n) is 5.97. The SMILES string of the molecule is O=C(COc1ccc(F)cc1)NCc1cccc(NC(=O)Cn2cccn2)c1. The van der Waals surface area contributed by atoms with Gasteiger partial charge in [0.2, 0.25) is 5.91 Å². The molecular formula is C20H19FN4O3. The summed E-state index contributed by atoms with van der Waals surface area (Å²) in [5.41, 5.74) is 1.46. The second-order valence-corrected chi connectivity index (χ2v) is 5.97. The summed E-state index contributed by atoms with van der Waals surface area (Å²) < 4.78 is 19.7. The van der Waals surface area contributed by atoms with Gasteiger partial charge in [-0.2, -0.15) is 5.10 Å². The van der Waals surface area contributed by atoms with Gasteiger partial charge in [-0.05, 0) is 48.0 Å². The fourth-order valence-corrected chi connectivity index (χ4v) is 2.43. The van der Waals surface area contributed by atoms with E-state index in [9.17, 15) is 14.0 Å². The first kappa shape index (κ1) is 19.1. The molecule has 144 valence electrons. The molecule has 3 rings (SSSR count). The maximum Gasteiger partial charge on any atom is 0.258 e. The molecule has 3 aromatic rings. The predicted octanol–water partition coefficient (Wildman–Crippen LogP) is 2.36. The van der Waals surface area contributed by atoms with Crippen molar-refractivity contribution in [2.45, 2.75) is 13.1 Å². The quantitative estimate of drug-likeness (QED) is 0.626. The minimum Gasteiger partial charge on any atom is -0.484 e. The van der Waals surface area contributed by atoms with E-state index in [0.717, 1.165) is 5.56 Å². The van der Waals surface area contributed by atoms with Crippen LogP contribution >= 0.6 is 0 Å². The average Bonchev–Trinajstić information content (AvgIpc) is 3.19. The van der Waals surface area contributed by atoms with Gasteiger partial charge >= 0.3 is 0 Å². The van der Waals surface area contributed by atoms with Crippen LogP contribution < -0.4 is 15.4 Å². The zero-order valence-electron chi connectivity index (χ0n) is 15.0.